The van der Waals surface area contributed by atoms with Crippen LogP contribution in [0.2, 0.25) is 0 Å². The molecule has 0 aromatic carbocycles. The van der Waals surface area contributed by atoms with Crippen LogP contribution >= 0.6 is 0 Å². The SMILES string of the molecule is C=C(C)C(=O)O.O=CNCNC(=O)O.[Ru]. The molecule has 0 aliphatic rings. The molecule has 0 aliphatic carbocycles. The first-order chi connectivity index (χ1) is 6.41. The second-order valence-corrected chi connectivity index (χ2v) is 2.07. The van der Waals surface area contributed by atoms with Gasteiger partial charge in [0.15, 0.2) is 0 Å². The fourth-order valence-corrected chi connectivity index (χ4v) is 0.168. The second-order valence-electron chi connectivity index (χ2n) is 2.07. The van der Waals surface area contributed by atoms with Crippen molar-refractivity contribution in [1.29, 1.82) is 0 Å². The van der Waals surface area contributed by atoms with Crippen molar-refractivity contribution in [1.82, 2.24) is 10.6 Å². The molecule has 0 fully saturated rings. The van der Waals surface area contributed by atoms with Gasteiger partial charge in [0.05, 0.1) is 6.67 Å². The number of amides is 2. The first kappa shape index (κ1) is 19.2. The summed E-state index contributed by atoms with van der Waals surface area (Å²) in [6, 6.07) is 0. The largest absolute Gasteiger partial charge is 0.478 e. The van der Waals surface area contributed by atoms with Gasteiger partial charge in [-0.15, -0.1) is 0 Å². The third-order valence-electron chi connectivity index (χ3n) is 0.790. The van der Waals surface area contributed by atoms with Gasteiger partial charge in [-0.3, -0.25) is 4.79 Å². The van der Waals surface area contributed by atoms with Crippen LogP contribution < -0.4 is 10.6 Å². The minimum atomic E-state index is -1.15. The van der Waals surface area contributed by atoms with Crippen LogP contribution in [0, 0.1) is 0 Å². The molecule has 0 rings (SSSR count). The molecule has 0 aromatic heterocycles. The Kier molecular flexibility index (Phi) is 16.1. The van der Waals surface area contributed by atoms with Crippen LogP contribution in [0.15, 0.2) is 12.2 Å². The van der Waals surface area contributed by atoms with Gasteiger partial charge < -0.3 is 20.8 Å². The predicted molar refractivity (Wildman–Crippen MR) is 47.7 cm³/mol. The summed E-state index contributed by atoms with van der Waals surface area (Å²) in [5.74, 6) is -0.935. The molecule has 0 atom stereocenters. The first-order valence-corrected chi connectivity index (χ1v) is 3.44. The van der Waals surface area contributed by atoms with Crippen molar-refractivity contribution in [3.05, 3.63) is 12.2 Å². The summed E-state index contributed by atoms with van der Waals surface area (Å²) in [4.78, 5) is 28.6. The van der Waals surface area contributed by atoms with E-state index in [1.165, 1.54) is 6.92 Å². The predicted octanol–water partition coefficient (Wildman–Crippen LogP) is -0.398. The molecule has 8 heteroatoms. The summed E-state index contributed by atoms with van der Waals surface area (Å²) in [5.41, 5.74) is 0.176. The number of hydrogen-bond donors (Lipinski definition) is 4. The van der Waals surface area contributed by atoms with E-state index in [9.17, 15) is 14.4 Å². The van der Waals surface area contributed by atoms with E-state index in [0.717, 1.165) is 0 Å². The van der Waals surface area contributed by atoms with Crippen molar-refractivity contribution < 1.29 is 44.1 Å². The summed E-state index contributed by atoms with van der Waals surface area (Å²) in [5, 5.41) is 19.8. The van der Waals surface area contributed by atoms with Gasteiger partial charge in [0.1, 0.15) is 0 Å². The molecule has 0 saturated heterocycles. The van der Waals surface area contributed by atoms with E-state index < -0.39 is 12.1 Å². The van der Waals surface area contributed by atoms with E-state index in [-0.39, 0.29) is 31.7 Å². The molecule has 88 valence electrons. The Morgan fingerprint density at radius 1 is 1.40 bits per heavy atom. The van der Waals surface area contributed by atoms with E-state index in [1.807, 2.05) is 5.32 Å². The number of carboxylic acids is 1. The Labute approximate surface area is 99.3 Å². The average Bonchev–Trinajstić information content (AvgIpc) is 2.05. The maximum Gasteiger partial charge on any atom is 0.406 e. The number of hydrogen-bond acceptors (Lipinski definition) is 3. The molecule has 2 amide bonds. The van der Waals surface area contributed by atoms with Crippen LogP contribution in [0.25, 0.3) is 0 Å². The van der Waals surface area contributed by atoms with Gasteiger partial charge in [-0.2, -0.15) is 0 Å². The smallest absolute Gasteiger partial charge is 0.406 e. The van der Waals surface area contributed by atoms with Crippen LogP contribution in [0.3, 0.4) is 0 Å². The maximum atomic E-state index is 9.61. The Hall–Kier alpha value is -1.43. The number of carbonyl (C=O) groups is 3. The van der Waals surface area contributed by atoms with Gasteiger partial charge in [0, 0.05) is 25.1 Å². The number of rotatable bonds is 4. The molecule has 0 bridgehead atoms. The minimum absolute atomic E-state index is 0. The summed E-state index contributed by atoms with van der Waals surface area (Å²) in [6.45, 7) is 4.56. The van der Waals surface area contributed by atoms with Gasteiger partial charge >= 0.3 is 12.1 Å². The quantitative estimate of drug-likeness (QED) is 0.185. The zero-order valence-electron chi connectivity index (χ0n) is 7.96. The molecular weight excluding hydrogens is 293 g/mol. The molecule has 0 radical (unpaired) electrons. The molecule has 4 N–H and O–H groups in total. The standard InChI is InChI=1S/C4H6O2.C3H6N2O3.Ru/c1-3(2)4(5)6;6-2-4-1-5-3(7)8;/h1H2,2H3,(H,5,6);2,5H,1H2,(H,4,6)(H,7,8);. The number of nitrogens with one attached hydrogen (secondary N) is 2. The van der Waals surface area contributed by atoms with Crippen LogP contribution in [0.5, 0.6) is 0 Å². The van der Waals surface area contributed by atoms with Crippen molar-refractivity contribution in [3.63, 3.8) is 0 Å². The summed E-state index contributed by atoms with van der Waals surface area (Å²) >= 11 is 0. The molecule has 0 unspecified atom stereocenters. The van der Waals surface area contributed by atoms with Gasteiger partial charge in [-0.25, -0.2) is 9.59 Å². The number of carbonyl (C=O) groups excluding carboxylic acids is 1. The fraction of sp³-hybridized carbons (Fsp3) is 0.286. The van der Waals surface area contributed by atoms with Gasteiger partial charge in [0.2, 0.25) is 6.41 Å². The topological polar surface area (TPSA) is 116 Å². The monoisotopic (exact) mass is 306 g/mol. The second kappa shape index (κ2) is 12.6. The Morgan fingerprint density at radius 2 is 1.80 bits per heavy atom. The normalized spacial score (nSPS) is 7.00. The van der Waals surface area contributed by atoms with Crippen LogP contribution in [0.4, 0.5) is 4.79 Å². The molecule has 0 saturated carbocycles. The first-order valence-electron chi connectivity index (χ1n) is 3.44. The number of carboxylic acid groups (broad SMARTS) is 2. The third-order valence-corrected chi connectivity index (χ3v) is 0.790. The molecular formula is C7H12N2O5Ru. The van der Waals surface area contributed by atoms with E-state index >= 15 is 0 Å². The Balaban J connectivity index is -0.000000187. The van der Waals surface area contributed by atoms with Crippen molar-refractivity contribution in [2.75, 3.05) is 6.67 Å². The zero-order valence-corrected chi connectivity index (χ0v) is 9.70. The maximum absolute atomic E-state index is 9.61. The van der Waals surface area contributed by atoms with Gasteiger partial charge in [0.25, 0.3) is 0 Å². The Bertz CT molecular complexity index is 219. The molecule has 7 nitrogen and oxygen atoms in total. The molecule has 0 spiro atoms. The van der Waals surface area contributed by atoms with Crippen LogP contribution in [-0.2, 0) is 29.1 Å². The minimum Gasteiger partial charge on any atom is -0.478 e. The molecule has 0 aromatic rings. The summed E-state index contributed by atoms with van der Waals surface area (Å²) < 4.78 is 0. The van der Waals surface area contributed by atoms with Crippen LogP contribution in [0.1, 0.15) is 6.92 Å². The van der Waals surface area contributed by atoms with Crippen molar-refractivity contribution >= 4 is 18.5 Å². The molecule has 0 heterocycles. The third kappa shape index (κ3) is 24.5. The van der Waals surface area contributed by atoms with E-state index in [4.69, 9.17) is 10.2 Å². The van der Waals surface area contributed by atoms with Gasteiger partial charge in [-0.1, -0.05) is 6.58 Å². The van der Waals surface area contributed by atoms with Crippen LogP contribution in [-0.4, -0.2) is 35.4 Å². The fourth-order valence-electron chi connectivity index (χ4n) is 0.168. The van der Waals surface area contributed by atoms with E-state index in [0.29, 0.717) is 6.41 Å². The average molecular weight is 305 g/mol. The summed E-state index contributed by atoms with van der Waals surface area (Å²) in [7, 11) is 0. The molecule has 15 heavy (non-hydrogen) atoms. The van der Waals surface area contributed by atoms with Crippen molar-refractivity contribution in [2.24, 2.45) is 0 Å². The Morgan fingerprint density at radius 3 is 2.00 bits per heavy atom. The zero-order chi connectivity index (χ0) is 11.6. The summed E-state index contributed by atoms with van der Waals surface area (Å²) in [6.07, 6.45) is -0.741. The molecule has 0 aliphatic heterocycles. The van der Waals surface area contributed by atoms with E-state index in [2.05, 4.69) is 11.9 Å². The number of aliphatic carboxylic acids is 1. The van der Waals surface area contributed by atoms with Gasteiger partial charge in [-0.05, 0) is 6.92 Å². The van der Waals surface area contributed by atoms with E-state index in [1.54, 1.807) is 0 Å². The van der Waals surface area contributed by atoms with Crippen molar-refractivity contribution in [3.8, 4) is 0 Å². The van der Waals surface area contributed by atoms with Crippen molar-refractivity contribution in [2.45, 2.75) is 6.92 Å².